The minimum absolute atomic E-state index is 0.0519. The Bertz CT molecular complexity index is 473. The van der Waals surface area contributed by atoms with Crippen LogP contribution in [0.15, 0.2) is 24.4 Å². The summed E-state index contributed by atoms with van der Waals surface area (Å²) in [7, 11) is 0. The molecule has 0 saturated carbocycles. The zero-order chi connectivity index (χ0) is 14.0. The first-order valence-corrected chi connectivity index (χ1v) is 6.51. The molecule has 1 aromatic heterocycles. The Hall–Kier alpha value is -1.91. The number of piperazine rings is 1. The average molecular weight is 261 g/mol. The molecule has 1 N–H and O–H groups in total. The van der Waals surface area contributed by atoms with Gasteiger partial charge in [-0.25, -0.2) is 0 Å². The second-order valence-corrected chi connectivity index (χ2v) is 5.21. The highest BCUT2D eigenvalue weighted by molar-refractivity contribution is 5.96. The molecule has 19 heavy (non-hydrogen) atoms. The third-order valence-corrected chi connectivity index (χ3v) is 3.31. The van der Waals surface area contributed by atoms with Gasteiger partial charge in [0.05, 0.1) is 12.2 Å². The lowest BCUT2D eigenvalue weighted by Crippen LogP contribution is -2.63. The number of carbonyl (C=O) groups excluding carboxylic acids is 2. The quantitative estimate of drug-likeness (QED) is 0.881. The van der Waals surface area contributed by atoms with E-state index in [1.807, 2.05) is 32.0 Å². The molecule has 5 heteroatoms. The molecule has 0 spiro atoms. The van der Waals surface area contributed by atoms with E-state index >= 15 is 0 Å². The smallest absolute Gasteiger partial charge is 0.245 e. The number of amides is 2. The van der Waals surface area contributed by atoms with Crippen LogP contribution in [0.2, 0.25) is 0 Å². The summed E-state index contributed by atoms with van der Waals surface area (Å²) >= 11 is 0. The lowest BCUT2D eigenvalue weighted by Gasteiger charge is -2.39. The summed E-state index contributed by atoms with van der Waals surface area (Å²) in [6.07, 6.45) is 1.69. The summed E-state index contributed by atoms with van der Waals surface area (Å²) in [6, 6.07) is 4.68. The van der Waals surface area contributed by atoms with Crippen LogP contribution in [-0.4, -0.2) is 33.8 Å². The van der Waals surface area contributed by atoms with E-state index in [1.54, 1.807) is 18.0 Å². The van der Waals surface area contributed by atoms with Crippen LogP contribution in [0, 0.1) is 5.92 Å². The molecule has 2 heterocycles. The van der Waals surface area contributed by atoms with Gasteiger partial charge in [-0.3, -0.25) is 14.6 Å². The topological polar surface area (TPSA) is 62.3 Å². The Morgan fingerprint density at radius 2 is 2.11 bits per heavy atom. The molecule has 0 bridgehead atoms. The molecular weight excluding hydrogens is 242 g/mol. The van der Waals surface area contributed by atoms with E-state index in [-0.39, 0.29) is 17.7 Å². The summed E-state index contributed by atoms with van der Waals surface area (Å²) in [5.74, 6) is -0.0675. The molecule has 1 aromatic rings. The Balaban J connectivity index is 2.26. The maximum atomic E-state index is 12.3. The summed E-state index contributed by atoms with van der Waals surface area (Å²) in [6.45, 7) is 5.97. The third kappa shape index (κ3) is 2.75. The standard InChI is InChI=1S/C14H19N3O2/c1-9(2)12-13(18)16-10(3)14(19)17(12)8-11-6-4-5-7-15-11/h4-7,9-10,12H,8H2,1-3H3,(H,16,18). The minimum Gasteiger partial charge on any atom is -0.343 e. The molecule has 2 rings (SSSR count). The van der Waals surface area contributed by atoms with Crippen molar-refractivity contribution in [3.63, 3.8) is 0 Å². The maximum Gasteiger partial charge on any atom is 0.245 e. The third-order valence-electron chi connectivity index (χ3n) is 3.31. The number of nitrogens with one attached hydrogen (secondary N) is 1. The predicted octanol–water partition coefficient (Wildman–Crippen LogP) is 0.953. The first kappa shape index (κ1) is 13.5. The van der Waals surface area contributed by atoms with Gasteiger partial charge in [-0.1, -0.05) is 19.9 Å². The van der Waals surface area contributed by atoms with Gasteiger partial charge in [-0.15, -0.1) is 0 Å². The van der Waals surface area contributed by atoms with Gasteiger partial charge >= 0.3 is 0 Å². The zero-order valence-corrected chi connectivity index (χ0v) is 11.5. The lowest BCUT2D eigenvalue weighted by molar-refractivity contribution is -0.151. The molecule has 1 aliphatic heterocycles. The minimum atomic E-state index is -0.466. The number of aromatic nitrogens is 1. The van der Waals surface area contributed by atoms with Gasteiger partial charge in [0.15, 0.2) is 0 Å². The summed E-state index contributed by atoms with van der Waals surface area (Å²) in [5, 5.41) is 2.73. The lowest BCUT2D eigenvalue weighted by atomic mass is 9.97. The van der Waals surface area contributed by atoms with Crippen LogP contribution in [0.4, 0.5) is 0 Å². The normalized spacial score (nSPS) is 23.7. The van der Waals surface area contributed by atoms with Gasteiger partial charge in [0.25, 0.3) is 0 Å². The van der Waals surface area contributed by atoms with Crippen LogP contribution in [-0.2, 0) is 16.1 Å². The van der Waals surface area contributed by atoms with Gasteiger partial charge in [-0.05, 0) is 25.0 Å². The van der Waals surface area contributed by atoms with Crippen molar-refractivity contribution >= 4 is 11.8 Å². The van der Waals surface area contributed by atoms with E-state index in [0.717, 1.165) is 5.69 Å². The molecule has 0 aromatic carbocycles. The first-order chi connectivity index (χ1) is 9.00. The Morgan fingerprint density at radius 1 is 1.37 bits per heavy atom. The highest BCUT2D eigenvalue weighted by Crippen LogP contribution is 2.19. The van der Waals surface area contributed by atoms with Crippen LogP contribution < -0.4 is 5.32 Å². The molecule has 2 atom stereocenters. The fourth-order valence-electron chi connectivity index (χ4n) is 2.39. The fourth-order valence-corrected chi connectivity index (χ4v) is 2.39. The summed E-state index contributed by atoms with van der Waals surface area (Å²) < 4.78 is 0. The number of hydrogen-bond donors (Lipinski definition) is 1. The van der Waals surface area contributed by atoms with Gasteiger partial charge in [0.1, 0.15) is 12.1 Å². The Kier molecular flexibility index (Phi) is 3.83. The molecule has 1 aliphatic rings. The van der Waals surface area contributed by atoms with E-state index in [0.29, 0.717) is 6.54 Å². The number of hydrogen-bond acceptors (Lipinski definition) is 3. The van der Waals surface area contributed by atoms with Crippen molar-refractivity contribution in [1.82, 2.24) is 15.2 Å². The first-order valence-electron chi connectivity index (χ1n) is 6.51. The van der Waals surface area contributed by atoms with Crippen molar-refractivity contribution in [2.24, 2.45) is 5.92 Å². The number of nitrogens with zero attached hydrogens (tertiary/aromatic N) is 2. The van der Waals surface area contributed by atoms with E-state index in [9.17, 15) is 9.59 Å². The zero-order valence-electron chi connectivity index (χ0n) is 11.5. The van der Waals surface area contributed by atoms with Crippen molar-refractivity contribution in [3.05, 3.63) is 30.1 Å². The monoisotopic (exact) mass is 261 g/mol. The van der Waals surface area contributed by atoms with Crippen LogP contribution in [0.25, 0.3) is 0 Å². The van der Waals surface area contributed by atoms with Crippen molar-refractivity contribution in [1.29, 1.82) is 0 Å². The predicted molar refractivity (Wildman–Crippen MR) is 71.0 cm³/mol. The Morgan fingerprint density at radius 3 is 2.68 bits per heavy atom. The molecular formula is C14H19N3O2. The van der Waals surface area contributed by atoms with Crippen molar-refractivity contribution < 1.29 is 9.59 Å². The number of carbonyl (C=O) groups is 2. The molecule has 1 fully saturated rings. The maximum absolute atomic E-state index is 12.3. The molecule has 1 saturated heterocycles. The SMILES string of the molecule is CC1NC(=O)C(C(C)C)N(Cc2ccccn2)C1=O. The molecule has 0 radical (unpaired) electrons. The molecule has 102 valence electrons. The molecule has 2 amide bonds. The number of pyridine rings is 1. The van der Waals surface area contributed by atoms with E-state index in [2.05, 4.69) is 10.3 Å². The van der Waals surface area contributed by atoms with E-state index in [1.165, 1.54) is 0 Å². The molecule has 0 aliphatic carbocycles. The van der Waals surface area contributed by atoms with Crippen LogP contribution in [0.5, 0.6) is 0 Å². The van der Waals surface area contributed by atoms with Gasteiger partial charge in [0, 0.05) is 6.20 Å². The molecule has 2 unspecified atom stereocenters. The molecule has 5 nitrogen and oxygen atoms in total. The average Bonchev–Trinajstić information content (AvgIpc) is 2.36. The van der Waals surface area contributed by atoms with Crippen LogP contribution in [0.1, 0.15) is 26.5 Å². The number of rotatable bonds is 3. The Labute approximate surface area is 113 Å². The second-order valence-electron chi connectivity index (χ2n) is 5.21. The summed E-state index contributed by atoms with van der Waals surface area (Å²) in [5.41, 5.74) is 0.795. The van der Waals surface area contributed by atoms with E-state index < -0.39 is 12.1 Å². The van der Waals surface area contributed by atoms with E-state index in [4.69, 9.17) is 0 Å². The van der Waals surface area contributed by atoms with Crippen molar-refractivity contribution in [2.75, 3.05) is 0 Å². The van der Waals surface area contributed by atoms with Crippen molar-refractivity contribution in [3.8, 4) is 0 Å². The van der Waals surface area contributed by atoms with Crippen LogP contribution in [0.3, 0.4) is 0 Å². The van der Waals surface area contributed by atoms with Gasteiger partial charge in [-0.2, -0.15) is 0 Å². The van der Waals surface area contributed by atoms with Crippen molar-refractivity contribution in [2.45, 2.75) is 39.4 Å². The van der Waals surface area contributed by atoms with Gasteiger partial charge < -0.3 is 10.2 Å². The highest BCUT2D eigenvalue weighted by atomic mass is 16.2. The fraction of sp³-hybridized carbons (Fsp3) is 0.500. The largest absolute Gasteiger partial charge is 0.343 e. The second kappa shape index (κ2) is 5.38. The highest BCUT2D eigenvalue weighted by Gasteiger charge is 2.40. The van der Waals surface area contributed by atoms with Crippen LogP contribution >= 0.6 is 0 Å². The van der Waals surface area contributed by atoms with Gasteiger partial charge in [0.2, 0.25) is 11.8 Å². The summed E-state index contributed by atoms with van der Waals surface area (Å²) in [4.78, 5) is 30.2.